The first-order chi connectivity index (χ1) is 9.28. The highest BCUT2D eigenvalue weighted by molar-refractivity contribution is 8.00. The summed E-state index contributed by atoms with van der Waals surface area (Å²) in [5, 5.41) is 4.83. The van der Waals surface area contributed by atoms with Crippen LogP contribution in [0.4, 0.5) is 0 Å². The first kappa shape index (κ1) is 14.1. The van der Waals surface area contributed by atoms with E-state index in [1.807, 2.05) is 5.38 Å². The number of nitrogens with one attached hydrogen (secondary N) is 2. The van der Waals surface area contributed by atoms with Gasteiger partial charge >= 0.3 is 0 Å². The number of imidazole rings is 1. The van der Waals surface area contributed by atoms with Crippen LogP contribution in [0.3, 0.4) is 0 Å². The monoisotopic (exact) mass is 296 g/mol. The summed E-state index contributed by atoms with van der Waals surface area (Å²) in [7, 11) is 0. The lowest BCUT2D eigenvalue weighted by Gasteiger charge is -2.02. The van der Waals surface area contributed by atoms with Crippen molar-refractivity contribution in [1.29, 1.82) is 0 Å². The number of aromatic nitrogens is 3. The zero-order valence-electron chi connectivity index (χ0n) is 10.7. The van der Waals surface area contributed by atoms with Crippen LogP contribution in [0.15, 0.2) is 22.2 Å². The van der Waals surface area contributed by atoms with Gasteiger partial charge in [0.15, 0.2) is 0 Å². The summed E-state index contributed by atoms with van der Waals surface area (Å²) >= 11 is 3.30. The van der Waals surface area contributed by atoms with Gasteiger partial charge in [0.2, 0.25) is 5.91 Å². The fourth-order valence-electron chi connectivity index (χ4n) is 1.54. The van der Waals surface area contributed by atoms with Crippen molar-refractivity contribution < 1.29 is 4.79 Å². The third kappa shape index (κ3) is 4.68. The van der Waals surface area contributed by atoms with E-state index in [0.717, 1.165) is 27.9 Å². The third-order valence-corrected chi connectivity index (χ3v) is 4.36. The predicted octanol–water partition coefficient (Wildman–Crippen LogP) is 1.88. The molecule has 0 aliphatic rings. The van der Waals surface area contributed by atoms with Gasteiger partial charge in [-0.15, -0.1) is 11.3 Å². The molecule has 0 aliphatic carbocycles. The molecule has 0 aliphatic heterocycles. The third-order valence-electron chi connectivity index (χ3n) is 2.41. The second-order valence-electron chi connectivity index (χ2n) is 3.89. The summed E-state index contributed by atoms with van der Waals surface area (Å²) in [5.74, 6) is 1.02. The number of aromatic amines is 1. The van der Waals surface area contributed by atoms with Crippen LogP contribution in [0.25, 0.3) is 0 Å². The number of rotatable bonds is 7. The van der Waals surface area contributed by atoms with Gasteiger partial charge < -0.3 is 10.3 Å². The summed E-state index contributed by atoms with van der Waals surface area (Å²) in [4.78, 5) is 23.1. The van der Waals surface area contributed by atoms with Crippen molar-refractivity contribution in [2.45, 2.75) is 24.1 Å². The molecule has 7 heteroatoms. The summed E-state index contributed by atoms with van der Waals surface area (Å²) in [6.45, 7) is 2.70. The lowest BCUT2D eigenvalue weighted by atomic mass is 10.3. The number of carbonyl (C=O) groups is 1. The lowest BCUT2D eigenvalue weighted by molar-refractivity contribution is -0.120. The Labute approximate surface area is 120 Å². The minimum atomic E-state index is 0.0119. The van der Waals surface area contributed by atoms with Crippen LogP contribution in [0.2, 0.25) is 0 Å². The molecule has 0 aromatic carbocycles. The molecule has 2 heterocycles. The highest BCUT2D eigenvalue weighted by Crippen LogP contribution is 2.22. The van der Waals surface area contributed by atoms with E-state index in [2.05, 4.69) is 27.2 Å². The number of hydrogen-bond acceptors (Lipinski definition) is 5. The zero-order valence-corrected chi connectivity index (χ0v) is 12.3. The lowest BCUT2D eigenvalue weighted by Crippen LogP contribution is -2.27. The SMILES string of the molecule is CCSc1nc(CC(=O)NCCc2cnc[nH]2)cs1. The van der Waals surface area contributed by atoms with Gasteiger partial charge in [-0.2, -0.15) is 0 Å². The highest BCUT2D eigenvalue weighted by atomic mass is 32.2. The normalized spacial score (nSPS) is 10.6. The molecule has 0 bridgehead atoms. The van der Waals surface area contributed by atoms with E-state index in [0.29, 0.717) is 13.0 Å². The molecule has 0 saturated heterocycles. The van der Waals surface area contributed by atoms with Crippen molar-refractivity contribution in [2.24, 2.45) is 0 Å². The van der Waals surface area contributed by atoms with Gasteiger partial charge in [0, 0.05) is 30.2 Å². The van der Waals surface area contributed by atoms with Crippen LogP contribution in [0, 0.1) is 0 Å². The number of thioether (sulfide) groups is 1. The van der Waals surface area contributed by atoms with E-state index in [1.54, 1.807) is 35.6 Å². The smallest absolute Gasteiger partial charge is 0.226 e. The summed E-state index contributed by atoms with van der Waals surface area (Å²) < 4.78 is 1.03. The fraction of sp³-hybridized carbons (Fsp3) is 0.417. The van der Waals surface area contributed by atoms with Gasteiger partial charge in [0.25, 0.3) is 0 Å². The van der Waals surface area contributed by atoms with E-state index in [-0.39, 0.29) is 5.91 Å². The number of carbonyl (C=O) groups excluding carboxylic acids is 1. The molecular weight excluding hydrogens is 280 g/mol. The summed E-state index contributed by atoms with van der Waals surface area (Å²) in [6.07, 6.45) is 4.52. The van der Waals surface area contributed by atoms with E-state index in [4.69, 9.17) is 0 Å². The Kier molecular flexibility index (Phi) is 5.41. The van der Waals surface area contributed by atoms with Gasteiger partial charge in [-0.1, -0.05) is 18.7 Å². The maximum Gasteiger partial charge on any atom is 0.226 e. The first-order valence-electron chi connectivity index (χ1n) is 6.09. The Morgan fingerprint density at radius 2 is 2.47 bits per heavy atom. The molecule has 0 saturated carbocycles. The molecule has 0 fully saturated rings. The molecule has 2 N–H and O–H groups in total. The Bertz CT molecular complexity index is 510. The molecule has 2 aromatic rings. The van der Waals surface area contributed by atoms with Crippen molar-refractivity contribution in [1.82, 2.24) is 20.3 Å². The maximum absolute atomic E-state index is 11.7. The van der Waals surface area contributed by atoms with Crippen LogP contribution < -0.4 is 5.32 Å². The van der Waals surface area contributed by atoms with Crippen molar-refractivity contribution in [3.05, 3.63) is 29.3 Å². The van der Waals surface area contributed by atoms with E-state index < -0.39 is 0 Å². The summed E-state index contributed by atoms with van der Waals surface area (Å²) in [5.41, 5.74) is 1.87. The van der Waals surface area contributed by atoms with Gasteiger partial charge in [-0.05, 0) is 5.75 Å². The van der Waals surface area contributed by atoms with Crippen LogP contribution in [0.1, 0.15) is 18.3 Å². The Balaban J connectivity index is 1.71. The fourth-order valence-corrected chi connectivity index (χ4v) is 3.29. The van der Waals surface area contributed by atoms with Gasteiger partial charge in [0.05, 0.1) is 18.4 Å². The Morgan fingerprint density at radius 1 is 1.58 bits per heavy atom. The average molecular weight is 296 g/mol. The Morgan fingerprint density at radius 3 is 3.21 bits per heavy atom. The quantitative estimate of drug-likeness (QED) is 0.765. The number of nitrogens with zero attached hydrogens (tertiary/aromatic N) is 2. The standard InChI is InChI=1S/C12H16N4OS2/c1-2-18-12-16-10(7-19-12)5-11(17)14-4-3-9-6-13-8-15-9/h6-8H,2-5H2,1H3,(H,13,15)(H,14,17). The predicted molar refractivity (Wildman–Crippen MR) is 77.5 cm³/mol. The van der Waals surface area contributed by atoms with Crippen LogP contribution in [-0.4, -0.2) is 33.2 Å². The average Bonchev–Trinajstić information content (AvgIpc) is 3.02. The second kappa shape index (κ2) is 7.30. The largest absolute Gasteiger partial charge is 0.355 e. The first-order valence-corrected chi connectivity index (χ1v) is 7.95. The van der Waals surface area contributed by atoms with Crippen molar-refractivity contribution in [2.75, 3.05) is 12.3 Å². The molecule has 5 nitrogen and oxygen atoms in total. The van der Waals surface area contributed by atoms with E-state index in [9.17, 15) is 4.79 Å². The van der Waals surface area contributed by atoms with Crippen molar-refractivity contribution in [3.8, 4) is 0 Å². The van der Waals surface area contributed by atoms with Crippen molar-refractivity contribution in [3.63, 3.8) is 0 Å². The molecule has 0 radical (unpaired) electrons. The molecule has 19 heavy (non-hydrogen) atoms. The molecule has 0 spiro atoms. The number of thiazole rings is 1. The van der Waals surface area contributed by atoms with Gasteiger partial charge in [-0.3, -0.25) is 4.79 Å². The molecule has 1 amide bonds. The molecule has 0 unspecified atom stereocenters. The summed E-state index contributed by atoms with van der Waals surface area (Å²) in [6, 6.07) is 0. The molecule has 0 atom stereocenters. The zero-order chi connectivity index (χ0) is 13.5. The minimum absolute atomic E-state index is 0.0119. The highest BCUT2D eigenvalue weighted by Gasteiger charge is 2.07. The molecule has 102 valence electrons. The van der Waals surface area contributed by atoms with Crippen LogP contribution in [0.5, 0.6) is 0 Å². The number of H-pyrrole nitrogens is 1. The van der Waals surface area contributed by atoms with Crippen molar-refractivity contribution >= 4 is 29.0 Å². The van der Waals surface area contributed by atoms with Gasteiger partial charge in [-0.25, -0.2) is 9.97 Å². The minimum Gasteiger partial charge on any atom is -0.355 e. The Hall–Kier alpha value is -1.34. The number of hydrogen-bond donors (Lipinski definition) is 2. The van der Waals surface area contributed by atoms with E-state index >= 15 is 0 Å². The molecular formula is C12H16N4OS2. The van der Waals surface area contributed by atoms with Gasteiger partial charge in [0.1, 0.15) is 4.34 Å². The number of amides is 1. The molecule has 2 aromatic heterocycles. The topological polar surface area (TPSA) is 70.7 Å². The van der Waals surface area contributed by atoms with Crippen LogP contribution >= 0.6 is 23.1 Å². The molecule has 2 rings (SSSR count). The van der Waals surface area contributed by atoms with Crippen LogP contribution in [-0.2, 0) is 17.6 Å². The second-order valence-corrected chi connectivity index (χ2v) is 6.26. The maximum atomic E-state index is 11.7. The van der Waals surface area contributed by atoms with E-state index in [1.165, 1.54) is 0 Å².